The first kappa shape index (κ1) is 21.8. The van der Waals surface area contributed by atoms with Crippen LogP contribution in [0.15, 0.2) is 17.5 Å². The zero-order valence-corrected chi connectivity index (χ0v) is 18.1. The standard InChI is InChI=1S/C21H31N5O2S/c1-3-24(14-19(23)21(28)25-8-4-6-16(25)12-22)17-10-15(2)26(13-17)20(27)11-18-7-5-9-29-18/h5,7,9,15-17,19H,3-4,6,8,10-11,13-14,23H2,1-2H3. The van der Waals surface area contributed by atoms with Gasteiger partial charge in [0.05, 0.1) is 18.5 Å². The first-order valence-electron chi connectivity index (χ1n) is 10.5. The molecule has 7 nitrogen and oxygen atoms in total. The van der Waals surface area contributed by atoms with Gasteiger partial charge in [0.15, 0.2) is 0 Å². The highest BCUT2D eigenvalue weighted by atomic mass is 32.1. The smallest absolute Gasteiger partial charge is 0.241 e. The molecule has 1 aromatic rings. The fourth-order valence-corrected chi connectivity index (χ4v) is 5.22. The van der Waals surface area contributed by atoms with Crippen molar-refractivity contribution in [3.05, 3.63) is 22.4 Å². The van der Waals surface area contributed by atoms with Gasteiger partial charge in [-0.15, -0.1) is 11.3 Å². The number of carbonyl (C=O) groups excluding carboxylic acids is 2. The molecule has 0 aliphatic carbocycles. The average Bonchev–Trinajstić information content (AvgIpc) is 3.45. The minimum Gasteiger partial charge on any atom is -0.338 e. The predicted molar refractivity (Wildman–Crippen MR) is 113 cm³/mol. The molecular formula is C21H31N5O2S. The number of rotatable bonds is 7. The van der Waals surface area contributed by atoms with E-state index in [2.05, 4.69) is 24.8 Å². The van der Waals surface area contributed by atoms with E-state index in [0.29, 0.717) is 26.1 Å². The highest BCUT2D eigenvalue weighted by Gasteiger charge is 2.37. The van der Waals surface area contributed by atoms with Crippen molar-refractivity contribution in [2.45, 2.75) is 63.7 Å². The van der Waals surface area contributed by atoms with Crippen molar-refractivity contribution in [1.29, 1.82) is 5.26 Å². The van der Waals surface area contributed by atoms with Crippen LogP contribution in [-0.2, 0) is 16.0 Å². The molecule has 2 aliphatic heterocycles. The average molecular weight is 418 g/mol. The third-order valence-corrected chi connectivity index (χ3v) is 7.01. The Morgan fingerprint density at radius 3 is 2.90 bits per heavy atom. The summed E-state index contributed by atoms with van der Waals surface area (Å²) in [6, 6.07) is 5.56. The molecule has 29 heavy (non-hydrogen) atoms. The molecule has 3 heterocycles. The van der Waals surface area contributed by atoms with Gasteiger partial charge in [-0.1, -0.05) is 13.0 Å². The van der Waals surface area contributed by atoms with Crippen molar-refractivity contribution in [3.63, 3.8) is 0 Å². The Labute approximate surface area is 177 Å². The predicted octanol–water partition coefficient (Wildman–Crippen LogP) is 1.44. The van der Waals surface area contributed by atoms with Crippen LogP contribution in [0.5, 0.6) is 0 Å². The van der Waals surface area contributed by atoms with Gasteiger partial charge >= 0.3 is 0 Å². The molecular weight excluding hydrogens is 386 g/mol. The molecule has 2 N–H and O–H groups in total. The van der Waals surface area contributed by atoms with Crippen molar-refractivity contribution >= 4 is 23.2 Å². The van der Waals surface area contributed by atoms with Crippen LogP contribution in [0.1, 0.15) is 38.0 Å². The summed E-state index contributed by atoms with van der Waals surface area (Å²) < 4.78 is 0. The molecule has 4 unspecified atom stereocenters. The molecule has 0 aromatic carbocycles. The third kappa shape index (κ3) is 4.97. The first-order chi connectivity index (χ1) is 13.9. The molecule has 0 saturated carbocycles. The topological polar surface area (TPSA) is 93.7 Å². The van der Waals surface area contributed by atoms with Crippen molar-refractivity contribution < 1.29 is 9.59 Å². The van der Waals surface area contributed by atoms with Crippen molar-refractivity contribution in [1.82, 2.24) is 14.7 Å². The van der Waals surface area contributed by atoms with E-state index >= 15 is 0 Å². The maximum atomic E-state index is 12.8. The molecule has 4 atom stereocenters. The van der Waals surface area contributed by atoms with E-state index in [9.17, 15) is 14.9 Å². The number of likely N-dealkylation sites (tertiary alicyclic amines) is 2. The lowest BCUT2D eigenvalue weighted by atomic mass is 10.1. The van der Waals surface area contributed by atoms with Crippen molar-refractivity contribution in [3.8, 4) is 6.07 Å². The molecule has 2 saturated heterocycles. The zero-order chi connectivity index (χ0) is 21.0. The van der Waals surface area contributed by atoms with Crippen molar-refractivity contribution in [2.75, 3.05) is 26.2 Å². The van der Waals surface area contributed by atoms with E-state index in [-0.39, 0.29) is 29.9 Å². The number of likely N-dealkylation sites (N-methyl/N-ethyl adjacent to an activating group) is 1. The molecule has 8 heteroatoms. The van der Waals surface area contributed by atoms with Crippen LogP contribution in [0.3, 0.4) is 0 Å². The Morgan fingerprint density at radius 1 is 1.45 bits per heavy atom. The summed E-state index contributed by atoms with van der Waals surface area (Å²) in [5.74, 6) is 0.0250. The molecule has 3 rings (SSSR count). The second kappa shape index (κ2) is 9.70. The summed E-state index contributed by atoms with van der Waals surface area (Å²) in [5.41, 5.74) is 6.26. The van der Waals surface area contributed by atoms with Gasteiger partial charge in [0.25, 0.3) is 0 Å². The van der Waals surface area contributed by atoms with E-state index < -0.39 is 6.04 Å². The van der Waals surface area contributed by atoms with Gasteiger partial charge in [-0.2, -0.15) is 5.26 Å². The Morgan fingerprint density at radius 2 is 2.24 bits per heavy atom. The lowest BCUT2D eigenvalue weighted by molar-refractivity contribution is -0.133. The van der Waals surface area contributed by atoms with E-state index in [1.54, 1.807) is 16.2 Å². The summed E-state index contributed by atoms with van der Waals surface area (Å²) in [6.45, 7) is 6.66. The minimum atomic E-state index is -0.643. The SMILES string of the molecule is CCN(CC(N)C(=O)N1CCCC1C#N)C1CC(C)N(C(=O)Cc2cccs2)C1. The van der Waals surface area contributed by atoms with Gasteiger partial charge < -0.3 is 15.5 Å². The number of nitriles is 1. The quantitative estimate of drug-likeness (QED) is 0.725. The Hall–Kier alpha value is -1.95. The highest BCUT2D eigenvalue weighted by Crippen LogP contribution is 2.24. The van der Waals surface area contributed by atoms with Crippen LogP contribution in [0.25, 0.3) is 0 Å². The number of nitrogens with zero attached hydrogens (tertiary/aromatic N) is 4. The summed E-state index contributed by atoms with van der Waals surface area (Å²) >= 11 is 1.61. The number of amides is 2. The fourth-order valence-electron chi connectivity index (χ4n) is 4.52. The first-order valence-corrected chi connectivity index (χ1v) is 11.3. The van der Waals surface area contributed by atoms with Gasteiger partial charge in [0.1, 0.15) is 6.04 Å². The molecule has 0 radical (unpaired) electrons. The number of thiophene rings is 1. The lowest BCUT2D eigenvalue weighted by Crippen LogP contribution is -2.53. The van der Waals surface area contributed by atoms with Gasteiger partial charge in [-0.05, 0) is 44.2 Å². The zero-order valence-electron chi connectivity index (χ0n) is 17.3. The molecule has 158 valence electrons. The Bertz CT molecular complexity index is 747. The van der Waals surface area contributed by atoms with Crippen LogP contribution in [0.4, 0.5) is 0 Å². The summed E-state index contributed by atoms with van der Waals surface area (Å²) in [5, 5.41) is 11.2. The lowest BCUT2D eigenvalue weighted by Gasteiger charge is -2.31. The van der Waals surface area contributed by atoms with Gasteiger partial charge in [-0.25, -0.2) is 0 Å². The number of hydrogen-bond donors (Lipinski definition) is 1. The molecule has 2 aliphatic rings. The second-order valence-electron chi connectivity index (χ2n) is 8.05. The molecule has 0 bridgehead atoms. The van der Waals surface area contributed by atoms with Gasteiger partial charge in [0.2, 0.25) is 11.8 Å². The Balaban J connectivity index is 1.57. The molecule has 1 aromatic heterocycles. The van der Waals surface area contributed by atoms with E-state index in [4.69, 9.17) is 5.73 Å². The van der Waals surface area contributed by atoms with Crippen LogP contribution in [0, 0.1) is 11.3 Å². The molecule has 2 amide bonds. The van der Waals surface area contributed by atoms with Crippen LogP contribution in [-0.4, -0.2) is 76.9 Å². The van der Waals surface area contributed by atoms with Crippen LogP contribution in [0.2, 0.25) is 0 Å². The van der Waals surface area contributed by atoms with E-state index in [1.165, 1.54) is 0 Å². The van der Waals surface area contributed by atoms with E-state index in [1.807, 2.05) is 22.4 Å². The summed E-state index contributed by atoms with van der Waals surface area (Å²) in [7, 11) is 0. The molecule has 0 spiro atoms. The maximum absolute atomic E-state index is 12.8. The number of carbonyl (C=O) groups is 2. The molecule has 2 fully saturated rings. The summed E-state index contributed by atoms with van der Waals surface area (Å²) in [4.78, 5) is 32.4. The van der Waals surface area contributed by atoms with Crippen molar-refractivity contribution in [2.24, 2.45) is 5.73 Å². The Kier molecular flexibility index (Phi) is 7.28. The van der Waals surface area contributed by atoms with Gasteiger partial charge in [-0.3, -0.25) is 14.5 Å². The normalized spacial score (nSPS) is 25.4. The fraction of sp³-hybridized carbons (Fsp3) is 0.667. The second-order valence-corrected chi connectivity index (χ2v) is 9.09. The number of nitrogens with two attached hydrogens (primary N) is 1. The third-order valence-electron chi connectivity index (χ3n) is 6.13. The van der Waals surface area contributed by atoms with E-state index in [0.717, 1.165) is 30.7 Å². The number of hydrogen-bond acceptors (Lipinski definition) is 6. The monoisotopic (exact) mass is 417 g/mol. The van der Waals surface area contributed by atoms with Crippen LogP contribution >= 0.6 is 11.3 Å². The highest BCUT2D eigenvalue weighted by molar-refractivity contribution is 7.10. The maximum Gasteiger partial charge on any atom is 0.241 e. The van der Waals surface area contributed by atoms with Gasteiger partial charge in [0, 0.05) is 36.6 Å². The minimum absolute atomic E-state index is 0.135. The largest absolute Gasteiger partial charge is 0.338 e. The summed E-state index contributed by atoms with van der Waals surface area (Å²) in [6.07, 6.45) is 2.92. The van der Waals surface area contributed by atoms with Crippen LogP contribution < -0.4 is 5.73 Å².